The van der Waals surface area contributed by atoms with E-state index in [4.69, 9.17) is 10.8 Å². The number of aliphatic carboxylic acids is 1. The highest BCUT2D eigenvalue weighted by atomic mass is 35.5. The van der Waals surface area contributed by atoms with E-state index >= 15 is 0 Å². The molecule has 0 aromatic carbocycles. The number of allylic oxidation sites excluding steroid dienone is 1. The summed E-state index contributed by atoms with van der Waals surface area (Å²) in [5.74, 6) is -1.16. The van der Waals surface area contributed by atoms with Crippen LogP contribution in [0.1, 0.15) is 25.7 Å². The van der Waals surface area contributed by atoms with Crippen LogP contribution in [0.5, 0.6) is 0 Å². The smallest absolute Gasteiger partial charge is 0.308 e. The van der Waals surface area contributed by atoms with Crippen molar-refractivity contribution in [3.05, 3.63) is 12.2 Å². The minimum Gasteiger partial charge on any atom is -0.481 e. The van der Waals surface area contributed by atoms with Crippen molar-refractivity contribution in [1.29, 1.82) is 0 Å². The van der Waals surface area contributed by atoms with Crippen LogP contribution in [0.25, 0.3) is 0 Å². The van der Waals surface area contributed by atoms with Crippen LogP contribution in [0.3, 0.4) is 0 Å². The number of hydrogen-bond donors (Lipinski definition) is 2. The van der Waals surface area contributed by atoms with E-state index in [2.05, 4.69) is 0 Å². The summed E-state index contributed by atoms with van der Waals surface area (Å²) in [6.45, 7) is 0. The van der Waals surface area contributed by atoms with E-state index in [-0.39, 0.29) is 24.4 Å². The molecule has 2 unspecified atom stereocenters. The molecule has 0 bridgehead atoms. The van der Waals surface area contributed by atoms with Crippen molar-refractivity contribution in [3.63, 3.8) is 0 Å². The molecule has 2 atom stereocenters. The highest BCUT2D eigenvalue weighted by Crippen LogP contribution is 2.17. The van der Waals surface area contributed by atoms with E-state index in [1.165, 1.54) is 0 Å². The fourth-order valence-corrected chi connectivity index (χ4v) is 1.49. The summed E-state index contributed by atoms with van der Waals surface area (Å²) < 4.78 is 0. The minimum absolute atomic E-state index is 0. The first-order valence-corrected chi connectivity index (χ1v) is 4.37. The Balaban J connectivity index is 0.00000144. The minimum atomic E-state index is -0.769. The maximum absolute atomic E-state index is 10.7. The van der Waals surface area contributed by atoms with Crippen LogP contribution in [0, 0.1) is 5.92 Å². The first-order valence-electron chi connectivity index (χ1n) is 4.37. The Bertz CT molecular complexity index is 194. The van der Waals surface area contributed by atoms with Crippen molar-refractivity contribution >= 4 is 18.4 Å². The van der Waals surface area contributed by atoms with Gasteiger partial charge in [-0.25, -0.2) is 0 Å². The fraction of sp³-hybridized carbons (Fsp3) is 0.667. The van der Waals surface area contributed by atoms with E-state index in [9.17, 15) is 4.79 Å². The van der Waals surface area contributed by atoms with E-state index in [0.29, 0.717) is 6.42 Å². The summed E-state index contributed by atoms with van der Waals surface area (Å²) in [6, 6.07) is -0.303. The fourth-order valence-electron chi connectivity index (χ4n) is 1.49. The zero-order chi connectivity index (χ0) is 8.97. The number of carbonyl (C=O) groups is 1. The second-order valence-corrected chi connectivity index (χ2v) is 3.23. The second kappa shape index (κ2) is 6.00. The lowest BCUT2D eigenvalue weighted by Crippen LogP contribution is -2.34. The summed E-state index contributed by atoms with van der Waals surface area (Å²) in [7, 11) is 0. The second-order valence-electron chi connectivity index (χ2n) is 3.23. The Morgan fingerprint density at radius 3 is 2.77 bits per heavy atom. The molecule has 1 aliphatic rings. The van der Waals surface area contributed by atoms with Crippen LogP contribution in [-0.2, 0) is 4.79 Å². The van der Waals surface area contributed by atoms with Gasteiger partial charge >= 0.3 is 5.97 Å². The normalized spacial score (nSPS) is 28.4. The molecule has 3 nitrogen and oxygen atoms in total. The molecule has 0 saturated carbocycles. The van der Waals surface area contributed by atoms with Crippen molar-refractivity contribution in [3.8, 4) is 0 Å². The molecule has 1 rings (SSSR count). The Kier molecular flexibility index (Phi) is 5.75. The number of rotatable bonds is 1. The van der Waals surface area contributed by atoms with Gasteiger partial charge in [-0.1, -0.05) is 18.6 Å². The molecule has 0 aromatic heterocycles. The average molecular weight is 206 g/mol. The van der Waals surface area contributed by atoms with E-state index in [1.807, 2.05) is 12.2 Å². The van der Waals surface area contributed by atoms with Gasteiger partial charge in [-0.15, -0.1) is 12.4 Å². The number of hydrogen-bond acceptors (Lipinski definition) is 2. The highest BCUT2D eigenvalue weighted by Gasteiger charge is 2.23. The zero-order valence-corrected chi connectivity index (χ0v) is 8.30. The van der Waals surface area contributed by atoms with Crippen molar-refractivity contribution in [2.75, 3.05) is 0 Å². The van der Waals surface area contributed by atoms with Crippen molar-refractivity contribution in [1.82, 2.24) is 0 Å². The lowest BCUT2D eigenvalue weighted by atomic mass is 9.91. The Hall–Kier alpha value is -0.540. The van der Waals surface area contributed by atoms with E-state index in [1.54, 1.807) is 0 Å². The van der Waals surface area contributed by atoms with Gasteiger partial charge in [-0.3, -0.25) is 4.79 Å². The highest BCUT2D eigenvalue weighted by molar-refractivity contribution is 5.85. The van der Waals surface area contributed by atoms with Crippen LogP contribution in [0.4, 0.5) is 0 Å². The monoisotopic (exact) mass is 205 g/mol. The maximum atomic E-state index is 10.7. The Labute approximate surface area is 84.4 Å². The summed E-state index contributed by atoms with van der Waals surface area (Å²) in [4.78, 5) is 10.7. The first-order chi connectivity index (χ1) is 5.72. The predicted molar refractivity (Wildman–Crippen MR) is 54.0 cm³/mol. The summed E-state index contributed by atoms with van der Waals surface area (Å²) >= 11 is 0. The summed E-state index contributed by atoms with van der Waals surface area (Å²) in [5.41, 5.74) is 5.68. The van der Waals surface area contributed by atoms with Gasteiger partial charge in [0, 0.05) is 6.04 Å². The number of carboxylic acids is 1. The predicted octanol–water partition coefficient (Wildman–Crippen LogP) is 1.57. The van der Waals surface area contributed by atoms with Gasteiger partial charge in [0.25, 0.3) is 0 Å². The molecule has 0 fully saturated rings. The van der Waals surface area contributed by atoms with E-state index < -0.39 is 5.97 Å². The van der Waals surface area contributed by atoms with Gasteiger partial charge in [0.2, 0.25) is 0 Å². The molecule has 0 saturated heterocycles. The van der Waals surface area contributed by atoms with Crippen LogP contribution >= 0.6 is 12.4 Å². The standard InChI is InChI=1S/C9H15NO2.ClH/c10-8-6-4-2-1-3-5-7(8)9(11)12;/h4,6-8H,1-3,5,10H2,(H,11,12);1H. The topological polar surface area (TPSA) is 63.3 Å². The van der Waals surface area contributed by atoms with Crippen molar-refractivity contribution in [2.45, 2.75) is 31.7 Å². The van der Waals surface area contributed by atoms with Gasteiger partial charge in [0.15, 0.2) is 0 Å². The molecule has 0 aromatic rings. The van der Waals surface area contributed by atoms with Crippen LogP contribution in [-0.4, -0.2) is 17.1 Å². The SMILES string of the molecule is Cl.NC1C=CCCCCC1C(=O)O. The molecule has 1 aliphatic carbocycles. The first kappa shape index (κ1) is 12.5. The molecular weight excluding hydrogens is 190 g/mol. The number of halogens is 1. The quantitative estimate of drug-likeness (QED) is 0.639. The zero-order valence-electron chi connectivity index (χ0n) is 7.48. The van der Waals surface area contributed by atoms with Gasteiger partial charge in [-0.2, -0.15) is 0 Å². The molecule has 0 aliphatic heterocycles. The Morgan fingerprint density at radius 1 is 1.46 bits per heavy atom. The summed E-state index contributed by atoms with van der Waals surface area (Å²) in [5, 5.41) is 8.81. The van der Waals surface area contributed by atoms with Crippen LogP contribution in [0.15, 0.2) is 12.2 Å². The number of carboxylic acid groups (broad SMARTS) is 1. The molecular formula is C9H16ClNO2. The molecule has 0 radical (unpaired) electrons. The third kappa shape index (κ3) is 3.79. The van der Waals surface area contributed by atoms with Gasteiger partial charge in [-0.05, 0) is 19.3 Å². The number of nitrogens with two attached hydrogens (primary N) is 1. The molecule has 3 N–H and O–H groups in total. The van der Waals surface area contributed by atoms with Crippen LogP contribution in [0.2, 0.25) is 0 Å². The average Bonchev–Trinajstić information content (AvgIpc) is 1.96. The van der Waals surface area contributed by atoms with Crippen LogP contribution < -0.4 is 5.73 Å². The van der Waals surface area contributed by atoms with Crippen molar-refractivity contribution < 1.29 is 9.90 Å². The Morgan fingerprint density at radius 2 is 2.15 bits per heavy atom. The molecule has 0 amide bonds. The van der Waals surface area contributed by atoms with Gasteiger partial charge < -0.3 is 10.8 Å². The van der Waals surface area contributed by atoms with Crippen molar-refractivity contribution in [2.24, 2.45) is 11.7 Å². The van der Waals surface area contributed by atoms with Gasteiger partial charge in [0.05, 0.1) is 5.92 Å². The lowest BCUT2D eigenvalue weighted by molar-refractivity contribution is -0.142. The lowest BCUT2D eigenvalue weighted by Gasteiger charge is -2.18. The largest absolute Gasteiger partial charge is 0.481 e. The maximum Gasteiger partial charge on any atom is 0.308 e. The third-order valence-corrected chi connectivity index (χ3v) is 2.28. The molecule has 76 valence electrons. The third-order valence-electron chi connectivity index (χ3n) is 2.28. The molecule has 13 heavy (non-hydrogen) atoms. The van der Waals surface area contributed by atoms with E-state index in [0.717, 1.165) is 19.3 Å². The van der Waals surface area contributed by atoms with Gasteiger partial charge in [0.1, 0.15) is 0 Å². The molecule has 0 spiro atoms. The molecule has 0 heterocycles. The summed E-state index contributed by atoms with van der Waals surface area (Å²) in [6.07, 6.45) is 7.58. The molecule has 4 heteroatoms.